The summed E-state index contributed by atoms with van der Waals surface area (Å²) in [4.78, 5) is 11.6. The number of hydrogen-bond acceptors (Lipinski definition) is 2. The van der Waals surface area contributed by atoms with Crippen LogP contribution in [-0.2, 0) is 4.79 Å². The zero-order valence-electron chi connectivity index (χ0n) is 9.59. The highest BCUT2D eigenvalue weighted by molar-refractivity contribution is 5.95. The second-order valence-corrected chi connectivity index (χ2v) is 3.84. The lowest BCUT2D eigenvalue weighted by molar-refractivity contribution is -0.117. The molecule has 4 heteroatoms. The molecule has 0 fully saturated rings. The maximum Gasteiger partial charge on any atom is 0.241 e. The van der Waals surface area contributed by atoms with Crippen LogP contribution in [0.25, 0.3) is 0 Å². The SMILES string of the molecule is CCC[C@H](N)C(=O)Nc1cc(F)ccc1C. The summed E-state index contributed by atoms with van der Waals surface area (Å²) in [5, 5.41) is 2.63. The number of carbonyl (C=O) groups is 1. The standard InChI is InChI=1S/C12H17FN2O/c1-3-4-10(14)12(16)15-11-7-9(13)6-5-8(11)2/h5-7,10H,3-4,14H2,1-2H3,(H,15,16)/t10-/m0/s1. The third-order valence-electron chi connectivity index (χ3n) is 2.39. The number of amides is 1. The van der Waals surface area contributed by atoms with Gasteiger partial charge in [-0.05, 0) is 31.0 Å². The monoisotopic (exact) mass is 224 g/mol. The van der Waals surface area contributed by atoms with Gasteiger partial charge in [0.2, 0.25) is 5.91 Å². The highest BCUT2D eigenvalue weighted by Gasteiger charge is 2.13. The van der Waals surface area contributed by atoms with Gasteiger partial charge in [0.05, 0.1) is 6.04 Å². The van der Waals surface area contributed by atoms with Gasteiger partial charge >= 0.3 is 0 Å². The summed E-state index contributed by atoms with van der Waals surface area (Å²) in [7, 11) is 0. The fourth-order valence-corrected chi connectivity index (χ4v) is 1.40. The first kappa shape index (κ1) is 12.6. The Morgan fingerprint density at radius 3 is 2.88 bits per heavy atom. The molecule has 1 atom stereocenters. The summed E-state index contributed by atoms with van der Waals surface area (Å²) < 4.78 is 13.0. The number of nitrogens with one attached hydrogen (secondary N) is 1. The average molecular weight is 224 g/mol. The maximum absolute atomic E-state index is 13.0. The number of hydrogen-bond donors (Lipinski definition) is 2. The molecular formula is C12H17FN2O. The van der Waals surface area contributed by atoms with E-state index in [0.717, 1.165) is 12.0 Å². The zero-order valence-corrected chi connectivity index (χ0v) is 9.59. The van der Waals surface area contributed by atoms with E-state index in [2.05, 4.69) is 5.32 Å². The molecule has 0 heterocycles. The summed E-state index contributed by atoms with van der Waals surface area (Å²) >= 11 is 0. The van der Waals surface area contributed by atoms with Crippen LogP contribution in [0.2, 0.25) is 0 Å². The van der Waals surface area contributed by atoms with E-state index in [-0.39, 0.29) is 11.7 Å². The van der Waals surface area contributed by atoms with Crippen LogP contribution in [0.5, 0.6) is 0 Å². The first-order valence-electron chi connectivity index (χ1n) is 5.37. The van der Waals surface area contributed by atoms with E-state index in [0.29, 0.717) is 12.1 Å². The van der Waals surface area contributed by atoms with Gasteiger partial charge in [0, 0.05) is 5.69 Å². The van der Waals surface area contributed by atoms with Crippen LogP contribution in [0.3, 0.4) is 0 Å². The number of halogens is 1. The van der Waals surface area contributed by atoms with E-state index in [9.17, 15) is 9.18 Å². The Balaban J connectivity index is 2.72. The van der Waals surface area contributed by atoms with Crippen LogP contribution >= 0.6 is 0 Å². The fourth-order valence-electron chi connectivity index (χ4n) is 1.40. The van der Waals surface area contributed by atoms with E-state index >= 15 is 0 Å². The first-order chi connectivity index (χ1) is 7.54. The fraction of sp³-hybridized carbons (Fsp3) is 0.417. The van der Waals surface area contributed by atoms with E-state index in [4.69, 9.17) is 5.73 Å². The van der Waals surface area contributed by atoms with Gasteiger partial charge in [0.25, 0.3) is 0 Å². The van der Waals surface area contributed by atoms with E-state index in [1.807, 2.05) is 6.92 Å². The van der Waals surface area contributed by atoms with E-state index < -0.39 is 6.04 Å². The molecule has 0 unspecified atom stereocenters. The second-order valence-electron chi connectivity index (χ2n) is 3.84. The quantitative estimate of drug-likeness (QED) is 0.823. The normalized spacial score (nSPS) is 12.2. The van der Waals surface area contributed by atoms with Crippen LogP contribution in [0.15, 0.2) is 18.2 Å². The third-order valence-corrected chi connectivity index (χ3v) is 2.39. The lowest BCUT2D eigenvalue weighted by Crippen LogP contribution is -2.35. The zero-order chi connectivity index (χ0) is 12.1. The molecular weight excluding hydrogens is 207 g/mol. The molecule has 1 amide bonds. The maximum atomic E-state index is 13.0. The van der Waals surface area contributed by atoms with Gasteiger partial charge in [-0.15, -0.1) is 0 Å². The van der Waals surface area contributed by atoms with Crippen LogP contribution in [0.4, 0.5) is 10.1 Å². The van der Waals surface area contributed by atoms with E-state index in [1.54, 1.807) is 13.0 Å². The van der Waals surface area contributed by atoms with Crippen molar-refractivity contribution >= 4 is 11.6 Å². The Morgan fingerprint density at radius 2 is 2.25 bits per heavy atom. The van der Waals surface area contributed by atoms with Gasteiger partial charge in [-0.1, -0.05) is 19.4 Å². The van der Waals surface area contributed by atoms with Crippen molar-refractivity contribution in [3.05, 3.63) is 29.6 Å². The molecule has 0 radical (unpaired) electrons. The molecule has 0 saturated heterocycles. The van der Waals surface area contributed by atoms with Crippen molar-refractivity contribution in [2.75, 3.05) is 5.32 Å². The van der Waals surface area contributed by atoms with Crippen molar-refractivity contribution in [3.63, 3.8) is 0 Å². The minimum absolute atomic E-state index is 0.268. The molecule has 0 saturated carbocycles. The minimum atomic E-state index is -0.535. The average Bonchev–Trinajstić information content (AvgIpc) is 2.23. The van der Waals surface area contributed by atoms with Gasteiger partial charge in [0.15, 0.2) is 0 Å². The Bertz CT molecular complexity index is 379. The van der Waals surface area contributed by atoms with Crippen molar-refractivity contribution in [3.8, 4) is 0 Å². The molecule has 16 heavy (non-hydrogen) atoms. The van der Waals surface area contributed by atoms with Crippen LogP contribution in [0, 0.1) is 12.7 Å². The van der Waals surface area contributed by atoms with Crippen molar-refractivity contribution in [1.82, 2.24) is 0 Å². The first-order valence-corrected chi connectivity index (χ1v) is 5.37. The van der Waals surface area contributed by atoms with Crippen molar-refractivity contribution < 1.29 is 9.18 Å². The molecule has 0 aromatic heterocycles. The Morgan fingerprint density at radius 1 is 1.56 bits per heavy atom. The Kier molecular flexibility index (Phi) is 4.43. The van der Waals surface area contributed by atoms with Gasteiger partial charge in [0.1, 0.15) is 5.82 Å². The van der Waals surface area contributed by atoms with Crippen molar-refractivity contribution in [1.29, 1.82) is 0 Å². The molecule has 0 spiro atoms. The van der Waals surface area contributed by atoms with Gasteiger partial charge < -0.3 is 11.1 Å². The van der Waals surface area contributed by atoms with Gasteiger partial charge in [-0.2, -0.15) is 0 Å². The summed E-state index contributed by atoms with van der Waals surface area (Å²) in [5.74, 6) is -0.638. The van der Waals surface area contributed by atoms with Crippen LogP contribution in [-0.4, -0.2) is 11.9 Å². The van der Waals surface area contributed by atoms with Gasteiger partial charge in [-0.3, -0.25) is 4.79 Å². The Hall–Kier alpha value is -1.42. The summed E-state index contributed by atoms with van der Waals surface area (Å²) in [6, 6.07) is 3.74. The molecule has 1 aromatic rings. The molecule has 3 N–H and O–H groups in total. The molecule has 0 aliphatic rings. The molecule has 0 bridgehead atoms. The predicted octanol–water partition coefficient (Wildman–Crippen LogP) is 2.20. The van der Waals surface area contributed by atoms with E-state index in [1.165, 1.54) is 12.1 Å². The summed E-state index contributed by atoms with van der Waals surface area (Å²) in [6.07, 6.45) is 1.47. The van der Waals surface area contributed by atoms with Crippen molar-refractivity contribution in [2.45, 2.75) is 32.7 Å². The smallest absolute Gasteiger partial charge is 0.241 e. The number of carbonyl (C=O) groups excluding carboxylic acids is 1. The lowest BCUT2D eigenvalue weighted by atomic mass is 10.1. The Labute approximate surface area is 94.8 Å². The number of nitrogens with two attached hydrogens (primary N) is 1. The predicted molar refractivity (Wildman–Crippen MR) is 62.7 cm³/mol. The topological polar surface area (TPSA) is 55.1 Å². The number of anilines is 1. The third kappa shape index (κ3) is 3.31. The molecule has 3 nitrogen and oxygen atoms in total. The highest BCUT2D eigenvalue weighted by Crippen LogP contribution is 2.16. The number of aryl methyl sites for hydroxylation is 1. The van der Waals surface area contributed by atoms with Crippen molar-refractivity contribution in [2.24, 2.45) is 5.73 Å². The number of benzene rings is 1. The number of rotatable bonds is 4. The molecule has 1 rings (SSSR count). The summed E-state index contributed by atoms with van der Waals surface area (Å²) in [5.41, 5.74) is 6.96. The molecule has 0 aliphatic carbocycles. The highest BCUT2D eigenvalue weighted by atomic mass is 19.1. The summed E-state index contributed by atoms with van der Waals surface area (Å²) in [6.45, 7) is 3.76. The molecule has 0 aliphatic heterocycles. The lowest BCUT2D eigenvalue weighted by Gasteiger charge is -2.12. The largest absolute Gasteiger partial charge is 0.324 e. The van der Waals surface area contributed by atoms with Crippen LogP contribution < -0.4 is 11.1 Å². The van der Waals surface area contributed by atoms with Crippen LogP contribution in [0.1, 0.15) is 25.3 Å². The van der Waals surface area contributed by atoms with Gasteiger partial charge in [-0.25, -0.2) is 4.39 Å². The molecule has 88 valence electrons. The minimum Gasteiger partial charge on any atom is -0.324 e. The molecule has 1 aromatic carbocycles. The second kappa shape index (κ2) is 5.61.